The van der Waals surface area contributed by atoms with Gasteiger partial charge in [0.1, 0.15) is 5.54 Å². The molecule has 1 atom stereocenters. The minimum atomic E-state index is -1.12. The number of carbonyl (C=O) groups is 1. The van der Waals surface area contributed by atoms with Crippen LogP contribution in [0.1, 0.15) is 20.3 Å². The van der Waals surface area contributed by atoms with Crippen LogP contribution in [-0.4, -0.2) is 16.6 Å². The van der Waals surface area contributed by atoms with Gasteiger partial charge in [0.15, 0.2) is 0 Å². The Bertz CT molecular complexity index is 150. The summed E-state index contributed by atoms with van der Waals surface area (Å²) < 4.78 is 0. The van der Waals surface area contributed by atoms with Gasteiger partial charge in [-0.1, -0.05) is 12.2 Å². The predicted molar refractivity (Wildman–Crippen MR) is 39.7 cm³/mol. The van der Waals surface area contributed by atoms with Crippen molar-refractivity contribution in [2.75, 3.05) is 0 Å². The van der Waals surface area contributed by atoms with Gasteiger partial charge in [0.2, 0.25) is 0 Å². The van der Waals surface area contributed by atoms with Crippen LogP contribution in [0.25, 0.3) is 0 Å². The molecule has 0 aliphatic rings. The zero-order valence-corrected chi connectivity index (χ0v) is 6.29. The third-order valence-electron chi connectivity index (χ3n) is 1.27. The van der Waals surface area contributed by atoms with Crippen molar-refractivity contribution in [3.05, 3.63) is 12.2 Å². The largest absolute Gasteiger partial charge is 0.480 e. The molecule has 0 heterocycles. The maximum Gasteiger partial charge on any atom is 0.323 e. The summed E-state index contributed by atoms with van der Waals surface area (Å²) in [5.41, 5.74) is 4.28. The molecule has 0 amide bonds. The summed E-state index contributed by atoms with van der Waals surface area (Å²) >= 11 is 0. The highest BCUT2D eigenvalue weighted by atomic mass is 16.4. The van der Waals surface area contributed by atoms with Crippen molar-refractivity contribution in [1.29, 1.82) is 0 Å². The van der Waals surface area contributed by atoms with E-state index in [1.165, 1.54) is 6.92 Å². The molecule has 0 aromatic carbocycles. The lowest BCUT2D eigenvalue weighted by atomic mass is 10.00. The number of rotatable bonds is 3. The van der Waals surface area contributed by atoms with E-state index in [0.29, 0.717) is 6.42 Å². The standard InChI is InChI=1S/C7H13NO2/c1-3-4-5-7(2,8)6(9)10/h3-4H,5,8H2,1-2H3,(H,9,10)/t7-/m1/s1. The number of hydrogen-bond acceptors (Lipinski definition) is 2. The fourth-order valence-electron chi connectivity index (χ4n) is 0.450. The van der Waals surface area contributed by atoms with Crippen LogP contribution in [0.15, 0.2) is 12.2 Å². The molecule has 3 nitrogen and oxygen atoms in total. The molecule has 0 aliphatic heterocycles. The molecule has 0 rings (SSSR count). The van der Waals surface area contributed by atoms with Gasteiger partial charge in [0, 0.05) is 0 Å². The SMILES string of the molecule is CC=CC[C@@](C)(N)C(=O)O. The highest BCUT2D eigenvalue weighted by molar-refractivity contribution is 5.78. The monoisotopic (exact) mass is 143 g/mol. The van der Waals surface area contributed by atoms with Crippen LogP contribution in [0.4, 0.5) is 0 Å². The van der Waals surface area contributed by atoms with E-state index in [1.807, 2.05) is 6.92 Å². The van der Waals surface area contributed by atoms with Gasteiger partial charge in [-0.05, 0) is 20.3 Å². The maximum absolute atomic E-state index is 10.4. The zero-order chi connectivity index (χ0) is 8.20. The molecular weight excluding hydrogens is 130 g/mol. The first-order chi connectivity index (χ1) is 4.50. The van der Waals surface area contributed by atoms with Gasteiger partial charge >= 0.3 is 5.97 Å². The van der Waals surface area contributed by atoms with Crippen molar-refractivity contribution in [3.63, 3.8) is 0 Å². The quantitative estimate of drug-likeness (QED) is 0.573. The number of carboxylic acid groups (broad SMARTS) is 1. The summed E-state index contributed by atoms with van der Waals surface area (Å²) in [5, 5.41) is 8.51. The molecule has 0 saturated heterocycles. The maximum atomic E-state index is 10.4. The fourth-order valence-corrected chi connectivity index (χ4v) is 0.450. The Kier molecular flexibility index (Phi) is 3.09. The first-order valence-corrected chi connectivity index (χ1v) is 3.14. The van der Waals surface area contributed by atoms with Crippen molar-refractivity contribution in [1.82, 2.24) is 0 Å². The third kappa shape index (κ3) is 2.64. The molecule has 58 valence electrons. The Morgan fingerprint density at radius 1 is 1.80 bits per heavy atom. The summed E-state index contributed by atoms with van der Waals surface area (Å²) in [6, 6.07) is 0. The summed E-state index contributed by atoms with van der Waals surface area (Å²) in [6.45, 7) is 3.33. The van der Waals surface area contributed by atoms with Crippen LogP contribution in [-0.2, 0) is 4.79 Å². The van der Waals surface area contributed by atoms with Gasteiger partial charge in [0.25, 0.3) is 0 Å². The van der Waals surface area contributed by atoms with E-state index in [1.54, 1.807) is 12.2 Å². The average Bonchev–Trinajstić information content (AvgIpc) is 1.84. The van der Waals surface area contributed by atoms with Crippen molar-refractivity contribution in [2.45, 2.75) is 25.8 Å². The van der Waals surface area contributed by atoms with Crippen LogP contribution in [0.3, 0.4) is 0 Å². The van der Waals surface area contributed by atoms with Gasteiger partial charge in [0.05, 0.1) is 0 Å². The van der Waals surface area contributed by atoms with Crippen molar-refractivity contribution in [2.24, 2.45) is 5.73 Å². The number of nitrogens with two attached hydrogens (primary N) is 1. The van der Waals surface area contributed by atoms with E-state index in [2.05, 4.69) is 0 Å². The fraction of sp³-hybridized carbons (Fsp3) is 0.571. The molecule has 0 aliphatic carbocycles. The van der Waals surface area contributed by atoms with E-state index >= 15 is 0 Å². The lowest BCUT2D eigenvalue weighted by Gasteiger charge is -2.15. The van der Waals surface area contributed by atoms with E-state index in [0.717, 1.165) is 0 Å². The first-order valence-electron chi connectivity index (χ1n) is 3.14. The molecule has 0 aromatic heterocycles. The van der Waals surface area contributed by atoms with E-state index in [9.17, 15) is 4.79 Å². The molecule has 3 N–H and O–H groups in total. The van der Waals surface area contributed by atoms with Gasteiger partial charge < -0.3 is 10.8 Å². The van der Waals surface area contributed by atoms with Gasteiger partial charge in [-0.2, -0.15) is 0 Å². The summed E-state index contributed by atoms with van der Waals surface area (Å²) in [6.07, 6.45) is 3.90. The van der Waals surface area contributed by atoms with Gasteiger partial charge in [-0.25, -0.2) is 0 Å². The third-order valence-corrected chi connectivity index (χ3v) is 1.27. The summed E-state index contributed by atoms with van der Waals surface area (Å²) in [4.78, 5) is 10.4. The van der Waals surface area contributed by atoms with Crippen molar-refractivity contribution < 1.29 is 9.90 Å². The van der Waals surface area contributed by atoms with E-state index in [4.69, 9.17) is 10.8 Å². The Labute approximate surface area is 60.5 Å². The molecule has 0 aromatic rings. The Balaban J connectivity index is 3.99. The molecule has 0 spiro atoms. The lowest BCUT2D eigenvalue weighted by Crippen LogP contribution is -2.44. The Morgan fingerprint density at radius 2 is 2.30 bits per heavy atom. The molecule has 10 heavy (non-hydrogen) atoms. The number of carboxylic acids is 1. The van der Waals surface area contributed by atoms with Gasteiger partial charge in [-0.15, -0.1) is 0 Å². The second-order valence-corrected chi connectivity index (χ2v) is 2.50. The molecule has 0 fully saturated rings. The minimum absolute atomic E-state index is 0.374. The molecule has 0 bridgehead atoms. The summed E-state index contributed by atoms with van der Waals surface area (Å²) in [7, 11) is 0. The van der Waals surface area contributed by atoms with Crippen molar-refractivity contribution >= 4 is 5.97 Å². The average molecular weight is 143 g/mol. The summed E-state index contributed by atoms with van der Waals surface area (Å²) in [5.74, 6) is -0.967. The number of aliphatic carboxylic acids is 1. The minimum Gasteiger partial charge on any atom is -0.480 e. The van der Waals surface area contributed by atoms with Crippen LogP contribution in [0.5, 0.6) is 0 Å². The molecule has 0 saturated carbocycles. The Morgan fingerprint density at radius 3 is 2.60 bits per heavy atom. The molecular formula is C7H13NO2. The van der Waals surface area contributed by atoms with E-state index in [-0.39, 0.29) is 0 Å². The smallest absolute Gasteiger partial charge is 0.323 e. The van der Waals surface area contributed by atoms with Gasteiger partial charge in [-0.3, -0.25) is 4.79 Å². The highest BCUT2D eigenvalue weighted by Gasteiger charge is 2.25. The molecule has 0 unspecified atom stereocenters. The highest BCUT2D eigenvalue weighted by Crippen LogP contribution is 2.05. The van der Waals surface area contributed by atoms with Crippen LogP contribution >= 0.6 is 0 Å². The molecule has 3 heteroatoms. The number of allylic oxidation sites excluding steroid dienone is 1. The number of hydrogen-bond donors (Lipinski definition) is 2. The first kappa shape index (κ1) is 9.17. The predicted octanol–water partition coefficient (Wildman–Crippen LogP) is 0.755. The second kappa shape index (κ2) is 3.37. The topological polar surface area (TPSA) is 63.3 Å². The van der Waals surface area contributed by atoms with Crippen molar-refractivity contribution in [3.8, 4) is 0 Å². The lowest BCUT2D eigenvalue weighted by molar-refractivity contribution is -0.142. The molecule has 0 radical (unpaired) electrons. The van der Waals surface area contributed by atoms with Crippen LogP contribution in [0.2, 0.25) is 0 Å². The van der Waals surface area contributed by atoms with Crippen LogP contribution < -0.4 is 5.73 Å². The Hall–Kier alpha value is -0.830. The zero-order valence-electron chi connectivity index (χ0n) is 6.29. The van der Waals surface area contributed by atoms with Crippen LogP contribution in [0, 0.1) is 0 Å². The second-order valence-electron chi connectivity index (χ2n) is 2.50. The van der Waals surface area contributed by atoms with E-state index < -0.39 is 11.5 Å². The normalized spacial score (nSPS) is 17.1.